The van der Waals surface area contributed by atoms with Crippen molar-refractivity contribution < 1.29 is 24.1 Å². The predicted molar refractivity (Wildman–Crippen MR) is 93.5 cm³/mol. The Hall–Kier alpha value is -2.11. The van der Waals surface area contributed by atoms with Crippen molar-refractivity contribution in [1.82, 2.24) is 0 Å². The second-order valence-corrected chi connectivity index (χ2v) is 6.71. The predicted octanol–water partition coefficient (Wildman–Crippen LogP) is 3.19. The first-order chi connectivity index (χ1) is 11.9. The van der Waals surface area contributed by atoms with E-state index in [1.165, 1.54) is 6.08 Å². The Balaban J connectivity index is 2.06. The Bertz CT molecular complexity index is 725. The molecule has 1 saturated heterocycles. The molecule has 0 saturated carbocycles. The van der Waals surface area contributed by atoms with Gasteiger partial charge in [-0.1, -0.05) is 25.1 Å². The lowest BCUT2D eigenvalue weighted by molar-refractivity contribution is -0.229. The van der Waals surface area contributed by atoms with Gasteiger partial charge in [0.05, 0.1) is 20.3 Å². The third-order valence-electron chi connectivity index (χ3n) is 5.63. The number of carbonyl (C=O) groups excluding carboxylic acids is 1. The highest BCUT2D eigenvalue weighted by molar-refractivity contribution is 5.97. The van der Waals surface area contributed by atoms with Crippen molar-refractivity contribution in [1.29, 1.82) is 0 Å². The molecular weight excluding hydrogens is 320 g/mol. The largest absolute Gasteiger partial charge is 0.493 e. The Morgan fingerprint density at radius 2 is 2.08 bits per heavy atom. The van der Waals surface area contributed by atoms with Crippen LogP contribution in [0, 0.1) is 11.3 Å². The van der Waals surface area contributed by atoms with Crippen molar-refractivity contribution in [3.8, 4) is 11.5 Å². The number of benzene rings is 1. The van der Waals surface area contributed by atoms with E-state index in [-0.39, 0.29) is 5.92 Å². The van der Waals surface area contributed by atoms with Gasteiger partial charge in [0.2, 0.25) is 11.6 Å². The standard InChI is InChI=1S/C20H24O5/c1-5-10-19-11-6-7-17(21)20(19,22)25-18(13(19)2)14-8-9-15(23-3)16(12-14)24-4/h5-9,12-13,18,22H,1,10-11H2,2-4H3/t13-,18+,19+,20-/m0/s1. The molecule has 0 unspecified atom stereocenters. The summed E-state index contributed by atoms with van der Waals surface area (Å²) in [4.78, 5) is 12.5. The SMILES string of the molecule is C=CC[C@]12CC=CC(=O)[C@]1(O)O[C@@H](c1ccc(OC)c(OC)c1)[C@@H]2C. The maximum absolute atomic E-state index is 12.5. The quantitative estimate of drug-likeness (QED) is 0.831. The minimum atomic E-state index is -1.84. The summed E-state index contributed by atoms with van der Waals surface area (Å²) in [6.07, 6.45) is 5.58. The van der Waals surface area contributed by atoms with Crippen molar-refractivity contribution in [3.63, 3.8) is 0 Å². The van der Waals surface area contributed by atoms with E-state index in [1.54, 1.807) is 26.4 Å². The molecule has 4 atom stereocenters. The molecule has 2 aliphatic rings. The van der Waals surface area contributed by atoms with Crippen LogP contribution in [0.5, 0.6) is 11.5 Å². The van der Waals surface area contributed by atoms with Gasteiger partial charge in [0.25, 0.3) is 0 Å². The van der Waals surface area contributed by atoms with Crippen molar-refractivity contribution in [2.45, 2.75) is 31.7 Å². The average molecular weight is 344 g/mol. The van der Waals surface area contributed by atoms with E-state index < -0.39 is 23.1 Å². The van der Waals surface area contributed by atoms with E-state index in [0.717, 1.165) is 5.56 Å². The van der Waals surface area contributed by atoms with Gasteiger partial charge in [0.1, 0.15) is 0 Å². The molecule has 0 spiro atoms. The van der Waals surface area contributed by atoms with Gasteiger partial charge in [-0.05, 0) is 42.5 Å². The summed E-state index contributed by atoms with van der Waals surface area (Å²) in [6.45, 7) is 5.82. The van der Waals surface area contributed by atoms with Crippen molar-refractivity contribution >= 4 is 5.78 Å². The number of allylic oxidation sites excluding steroid dienone is 2. The van der Waals surface area contributed by atoms with Crippen molar-refractivity contribution in [2.75, 3.05) is 14.2 Å². The molecule has 134 valence electrons. The fourth-order valence-corrected chi connectivity index (χ4v) is 4.17. The zero-order valence-corrected chi connectivity index (χ0v) is 14.8. The number of rotatable bonds is 5. The highest BCUT2D eigenvalue weighted by atomic mass is 16.6. The first-order valence-corrected chi connectivity index (χ1v) is 8.37. The summed E-state index contributed by atoms with van der Waals surface area (Å²) in [6, 6.07) is 5.51. The fraction of sp³-hybridized carbons (Fsp3) is 0.450. The van der Waals surface area contributed by atoms with Gasteiger partial charge in [-0.3, -0.25) is 4.79 Å². The molecule has 1 fully saturated rings. The number of hydrogen-bond acceptors (Lipinski definition) is 5. The number of carbonyl (C=O) groups is 1. The normalized spacial score (nSPS) is 33.8. The van der Waals surface area contributed by atoms with E-state index in [4.69, 9.17) is 14.2 Å². The van der Waals surface area contributed by atoms with Gasteiger partial charge in [-0.25, -0.2) is 0 Å². The smallest absolute Gasteiger partial charge is 0.237 e. The minimum absolute atomic E-state index is 0.0949. The van der Waals surface area contributed by atoms with E-state index in [0.29, 0.717) is 24.3 Å². The lowest BCUT2D eigenvalue weighted by atomic mass is 9.62. The van der Waals surface area contributed by atoms with E-state index in [2.05, 4.69) is 6.58 Å². The van der Waals surface area contributed by atoms with Gasteiger partial charge >= 0.3 is 0 Å². The molecule has 0 bridgehead atoms. The molecule has 1 aliphatic heterocycles. The van der Waals surface area contributed by atoms with Crippen molar-refractivity contribution in [2.24, 2.45) is 11.3 Å². The van der Waals surface area contributed by atoms with Gasteiger partial charge < -0.3 is 19.3 Å². The summed E-state index contributed by atoms with van der Waals surface area (Å²) < 4.78 is 16.7. The first-order valence-electron chi connectivity index (χ1n) is 8.37. The van der Waals surface area contributed by atoms with E-state index in [9.17, 15) is 9.90 Å². The molecular formula is C20H24O5. The molecule has 0 aromatic heterocycles. The monoisotopic (exact) mass is 344 g/mol. The van der Waals surface area contributed by atoms with Crippen LogP contribution in [0.15, 0.2) is 43.0 Å². The molecule has 1 aromatic carbocycles. The van der Waals surface area contributed by atoms with Crippen molar-refractivity contribution in [3.05, 3.63) is 48.6 Å². The zero-order valence-electron chi connectivity index (χ0n) is 14.8. The first kappa shape index (κ1) is 17.7. The van der Waals surface area contributed by atoms with Crippen LogP contribution in [0.3, 0.4) is 0 Å². The molecule has 0 amide bonds. The van der Waals surface area contributed by atoms with Gasteiger partial charge in [0.15, 0.2) is 11.5 Å². The summed E-state index contributed by atoms with van der Waals surface area (Å²) in [7, 11) is 3.15. The van der Waals surface area contributed by atoms with Crippen LogP contribution in [0.4, 0.5) is 0 Å². The number of aliphatic hydroxyl groups is 1. The Morgan fingerprint density at radius 3 is 2.72 bits per heavy atom. The number of hydrogen-bond donors (Lipinski definition) is 1. The summed E-state index contributed by atoms with van der Waals surface area (Å²) in [5.41, 5.74) is 0.113. The van der Waals surface area contributed by atoms with Gasteiger partial charge in [-0.15, -0.1) is 6.58 Å². The summed E-state index contributed by atoms with van der Waals surface area (Å²) >= 11 is 0. The lowest BCUT2D eigenvalue weighted by Gasteiger charge is -2.42. The maximum atomic E-state index is 12.5. The number of methoxy groups -OCH3 is 2. The molecule has 3 rings (SSSR count). The number of ether oxygens (including phenoxy) is 3. The topological polar surface area (TPSA) is 65.0 Å². The van der Waals surface area contributed by atoms with Crippen LogP contribution in [0.25, 0.3) is 0 Å². The van der Waals surface area contributed by atoms with Crippen LogP contribution in [0.2, 0.25) is 0 Å². The van der Waals surface area contributed by atoms with Gasteiger partial charge in [-0.2, -0.15) is 0 Å². The molecule has 1 aromatic rings. The Kier molecular flexibility index (Phi) is 4.47. The maximum Gasteiger partial charge on any atom is 0.237 e. The van der Waals surface area contributed by atoms with E-state index in [1.807, 2.05) is 25.1 Å². The second kappa shape index (κ2) is 6.32. The summed E-state index contributed by atoms with van der Waals surface area (Å²) in [5.74, 6) is -1.14. The Labute approximate surface area is 147 Å². The minimum Gasteiger partial charge on any atom is -0.493 e. The molecule has 5 nitrogen and oxygen atoms in total. The van der Waals surface area contributed by atoms with Crippen LogP contribution in [0.1, 0.15) is 31.4 Å². The highest BCUT2D eigenvalue weighted by Crippen LogP contribution is 2.61. The average Bonchev–Trinajstić information content (AvgIpc) is 2.85. The molecule has 1 heterocycles. The van der Waals surface area contributed by atoms with Crippen LogP contribution >= 0.6 is 0 Å². The molecule has 1 aliphatic carbocycles. The fourth-order valence-electron chi connectivity index (χ4n) is 4.17. The molecule has 1 N–H and O–H groups in total. The van der Waals surface area contributed by atoms with Gasteiger partial charge in [0, 0.05) is 5.41 Å². The van der Waals surface area contributed by atoms with E-state index >= 15 is 0 Å². The number of fused-ring (bicyclic) bond motifs is 1. The summed E-state index contributed by atoms with van der Waals surface area (Å²) in [5, 5.41) is 11.2. The molecule has 0 radical (unpaired) electrons. The third kappa shape index (κ3) is 2.41. The highest BCUT2D eigenvalue weighted by Gasteiger charge is 2.66. The second-order valence-electron chi connectivity index (χ2n) is 6.71. The third-order valence-corrected chi connectivity index (χ3v) is 5.63. The number of ketones is 1. The lowest BCUT2D eigenvalue weighted by Crippen LogP contribution is -2.54. The Morgan fingerprint density at radius 1 is 1.36 bits per heavy atom. The van der Waals surface area contributed by atoms with Crippen LogP contribution in [-0.4, -0.2) is 30.9 Å². The zero-order chi connectivity index (χ0) is 18.2. The molecule has 5 heteroatoms. The van der Waals surface area contributed by atoms with Crippen LogP contribution < -0.4 is 9.47 Å². The molecule has 25 heavy (non-hydrogen) atoms. The van der Waals surface area contributed by atoms with Crippen LogP contribution in [-0.2, 0) is 9.53 Å².